The van der Waals surface area contributed by atoms with Gasteiger partial charge >= 0.3 is 0 Å². The number of fused-ring (bicyclic) bond motifs is 1. The van der Waals surface area contributed by atoms with E-state index in [-0.39, 0.29) is 0 Å². The summed E-state index contributed by atoms with van der Waals surface area (Å²) in [5.74, 6) is 0.966. The van der Waals surface area contributed by atoms with Crippen LogP contribution in [0.15, 0.2) is 41.8 Å². The van der Waals surface area contributed by atoms with Crippen molar-refractivity contribution in [3.8, 4) is 0 Å². The summed E-state index contributed by atoms with van der Waals surface area (Å²) in [6, 6.07) is 12.5. The van der Waals surface area contributed by atoms with Gasteiger partial charge < -0.3 is 10.3 Å². The van der Waals surface area contributed by atoms with E-state index in [0.29, 0.717) is 6.54 Å². The van der Waals surface area contributed by atoms with Crippen LogP contribution in [0.25, 0.3) is 11.0 Å². The molecule has 18 heavy (non-hydrogen) atoms. The van der Waals surface area contributed by atoms with E-state index in [9.17, 15) is 0 Å². The third-order valence-corrected chi connectivity index (χ3v) is 4.01. The number of hydrogen-bond acceptors (Lipinski definition) is 3. The maximum atomic E-state index is 5.78. The van der Waals surface area contributed by atoms with Crippen LogP contribution >= 0.6 is 11.3 Å². The lowest BCUT2D eigenvalue weighted by Crippen LogP contribution is -2.09. The summed E-state index contributed by atoms with van der Waals surface area (Å²) in [4.78, 5) is 5.97. The molecular formula is C14H15N3S. The van der Waals surface area contributed by atoms with E-state index >= 15 is 0 Å². The maximum absolute atomic E-state index is 5.78. The Bertz CT molecular complexity index is 640. The predicted octanol–water partition coefficient (Wildman–Crippen LogP) is 2.80. The van der Waals surface area contributed by atoms with Gasteiger partial charge in [-0.05, 0) is 30.0 Å². The van der Waals surface area contributed by atoms with Crippen LogP contribution in [0, 0.1) is 0 Å². The molecule has 4 heteroatoms. The first kappa shape index (κ1) is 11.4. The number of thiophene rings is 1. The third kappa shape index (κ3) is 2.05. The van der Waals surface area contributed by atoms with Crippen LogP contribution in [0.4, 0.5) is 0 Å². The molecule has 0 radical (unpaired) electrons. The van der Waals surface area contributed by atoms with Crippen molar-refractivity contribution in [2.75, 3.05) is 0 Å². The summed E-state index contributed by atoms with van der Waals surface area (Å²) in [6.45, 7) is 1.42. The monoisotopic (exact) mass is 257 g/mol. The number of aryl methyl sites for hydroxylation is 2. The van der Waals surface area contributed by atoms with Gasteiger partial charge in [0.2, 0.25) is 0 Å². The molecule has 0 aliphatic heterocycles. The molecule has 0 aliphatic rings. The highest BCUT2D eigenvalue weighted by Gasteiger charge is 2.08. The van der Waals surface area contributed by atoms with Crippen LogP contribution < -0.4 is 5.73 Å². The number of aromatic nitrogens is 2. The molecular weight excluding hydrogens is 242 g/mol. The average molecular weight is 257 g/mol. The van der Waals surface area contributed by atoms with Crippen molar-refractivity contribution in [2.45, 2.75) is 19.5 Å². The Balaban J connectivity index is 1.94. The second-order valence-electron chi connectivity index (χ2n) is 4.20. The number of imidazole rings is 1. The quantitative estimate of drug-likeness (QED) is 0.781. The van der Waals surface area contributed by atoms with Gasteiger partial charge in [0.1, 0.15) is 5.82 Å². The molecule has 0 spiro atoms. The number of rotatable bonds is 4. The van der Waals surface area contributed by atoms with Gasteiger partial charge in [-0.3, -0.25) is 0 Å². The Morgan fingerprint density at radius 3 is 2.83 bits per heavy atom. The van der Waals surface area contributed by atoms with E-state index in [1.165, 1.54) is 10.4 Å². The topological polar surface area (TPSA) is 43.8 Å². The summed E-state index contributed by atoms with van der Waals surface area (Å²) >= 11 is 1.80. The van der Waals surface area contributed by atoms with E-state index < -0.39 is 0 Å². The second kappa shape index (κ2) is 4.92. The Morgan fingerprint density at radius 2 is 2.06 bits per heavy atom. The van der Waals surface area contributed by atoms with Crippen LogP contribution in [0.1, 0.15) is 10.7 Å². The van der Waals surface area contributed by atoms with E-state index in [2.05, 4.69) is 33.1 Å². The van der Waals surface area contributed by atoms with E-state index in [4.69, 9.17) is 5.73 Å². The van der Waals surface area contributed by atoms with E-state index in [0.717, 1.165) is 24.3 Å². The SMILES string of the molecule is NCc1nc2ccccc2n1CCc1cccs1. The Hall–Kier alpha value is -1.65. The second-order valence-corrected chi connectivity index (χ2v) is 5.23. The lowest BCUT2D eigenvalue weighted by atomic mass is 10.3. The fourth-order valence-electron chi connectivity index (χ4n) is 2.21. The molecule has 0 amide bonds. The molecule has 2 aromatic heterocycles. The van der Waals surface area contributed by atoms with Crippen molar-refractivity contribution in [2.24, 2.45) is 5.73 Å². The van der Waals surface area contributed by atoms with Gasteiger partial charge in [-0.25, -0.2) is 4.98 Å². The zero-order chi connectivity index (χ0) is 12.4. The van der Waals surface area contributed by atoms with Gasteiger partial charge in [0.25, 0.3) is 0 Å². The number of para-hydroxylation sites is 2. The number of benzene rings is 1. The van der Waals surface area contributed by atoms with Gasteiger partial charge in [-0.1, -0.05) is 18.2 Å². The van der Waals surface area contributed by atoms with E-state index in [1.807, 2.05) is 18.2 Å². The maximum Gasteiger partial charge on any atom is 0.123 e. The smallest absolute Gasteiger partial charge is 0.123 e. The lowest BCUT2D eigenvalue weighted by Gasteiger charge is -2.06. The highest BCUT2D eigenvalue weighted by atomic mass is 32.1. The van der Waals surface area contributed by atoms with Crippen molar-refractivity contribution < 1.29 is 0 Å². The zero-order valence-electron chi connectivity index (χ0n) is 10.0. The molecule has 3 nitrogen and oxygen atoms in total. The first-order chi connectivity index (χ1) is 8.88. The van der Waals surface area contributed by atoms with Crippen molar-refractivity contribution >= 4 is 22.4 Å². The van der Waals surface area contributed by atoms with Gasteiger partial charge in [0, 0.05) is 11.4 Å². The van der Waals surface area contributed by atoms with Crippen molar-refractivity contribution in [3.63, 3.8) is 0 Å². The third-order valence-electron chi connectivity index (χ3n) is 3.08. The van der Waals surface area contributed by atoms with Crippen LogP contribution in [-0.4, -0.2) is 9.55 Å². The highest BCUT2D eigenvalue weighted by Crippen LogP contribution is 2.17. The Labute approximate surface area is 110 Å². The fraction of sp³-hybridized carbons (Fsp3) is 0.214. The predicted molar refractivity (Wildman–Crippen MR) is 75.6 cm³/mol. The highest BCUT2D eigenvalue weighted by molar-refractivity contribution is 7.09. The van der Waals surface area contributed by atoms with Crippen LogP contribution in [0.5, 0.6) is 0 Å². The molecule has 0 unspecified atom stereocenters. The molecule has 3 aromatic rings. The fourth-order valence-corrected chi connectivity index (χ4v) is 2.91. The van der Waals surface area contributed by atoms with Crippen molar-refractivity contribution in [1.82, 2.24) is 9.55 Å². The van der Waals surface area contributed by atoms with E-state index in [1.54, 1.807) is 11.3 Å². The Morgan fingerprint density at radius 1 is 1.17 bits per heavy atom. The minimum atomic E-state index is 0.485. The van der Waals surface area contributed by atoms with Gasteiger partial charge in [0.15, 0.2) is 0 Å². The summed E-state index contributed by atoms with van der Waals surface area (Å²) in [5.41, 5.74) is 7.99. The average Bonchev–Trinajstić information content (AvgIpc) is 3.03. The molecule has 0 bridgehead atoms. The lowest BCUT2D eigenvalue weighted by molar-refractivity contribution is 0.673. The number of hydrogen-bond donors (Lipinski definition) is 1. The summed E-state index contributed by atoms with van der Waals surface area (Å²) in [6.07, 6.45) is 1.03. The normalized spacial score (nSPS) is 11.2. The van der Waals surface area contributed by atoms with Gasteiger partial charge in [-0.15, -0.1) is 11.3 Å². The molecule has 0 saturated heterocycles. The van der Waals surface area contributed by atoms with Crippen LogP contribution in [-0.2, 0) is 19.5 Å². The minimum Gasteiger partial charge on any atom is -0.327 e. The van der Waals surface area contributed by atoms with Crippen LogP contribution in [0.3, 0.4) is 0 Å². The molecule has 0 atom stereocenters. The van der Waals surface area contributed by atoms with Crippen molar-refractivity contribution in [3.05, 3.63) is 52.5 Å². The molecule has 2 heterocycles. The first-order valence-electron chi connectivity index (χ1n) is 6.05. The molecule has 3 rings (SSSR count). The molecule has 0 saturated carbocycles. The Kier molecular flexibility index (Phi) is 3.13. The summed E-state index contributed by atoms with van der Waals surface area (Å²) in [5, 5.41) is 2.12. The first-order valence-corrected chi connectivity index (χ1v) is 6.93. The molecule has 92 valence electrons. The largest absolute Gasteiger partial charge is 0.327 e. The van der Waals surface area contributed by atoms with Gasteiger partial charge in [-0.2, -0.15) is 0 Å². The minimum absolute atomic E-state index is 0.485. The molecule has 0 fully saturated rings. The molecule has 0 aliphatic carbocycles. The molecule has 2 N–H and O–H groups in total. The standard InChI is InChI=1S/C14H15N3S/c15-10-14-16-12-5-1-2-6-13(12)17(14)8-7-11-4-3-9-18-11/h1-6,9H,7-8,10,15H2. The summed E-state index contributed by atoms with van der Waals surface area (Å²) < 4.78 is 2.23. The van der Waals surface area contributed by atoms with Crippen molar-refractivity contribution in [1.29, 1.82) is 0 Å². The number of nitrogens with zero attached hydrogens (tertiary/aromatic N) is 2. The molecule has 1 aromatic carbocycles. The summed E-state index contributed by atoms with van der Waals surface area (Å²) in [7, 11) is 0. The van der Waals surface area contributed by atoms with Crippen LogP contribution in [0.2, 0.25) is 0 Å². The zero-order valence-corrected chi connectivity index (χ0v) is 10.9. The number of nitrogens with two attached hydrogens (primary N) is 1. The van der Waals surface area contributed by atoms with Gasteiger partial charge in [0.05, 0.1) is 17.6 Å².